The number of hydrogen-bond donors (Lipinski definition) is 2. The second kappa shape index (κ2) is 5.82. The van der Waals surface area contributed by atoms with Crippen molar-refractivity contribution in [3.8, 4) is 0 Å². The summed E-state index contributed by atoms with van der Waals surface area (Å²) >= 11 is 0. The first kappa shape index (κ1) is 12.8. The molecular formula is C13H18FN3O. The fourth-order valence-corrected chi connectivity index (χ4v) is 2.07. The first-order valence-electron chi connectivity index (χ1n) is 6.15. The predicted molar refractivity (Wildman–Crippen MR) is 69.1 cm³/mol. The molecule has 2 N–H and O–H groups in total. The zero-order chi connectivity index (χ0) is 13.0. The molecule has 1 aromatic rings. The van der Waals surface area contributed by atoms with Gasteiger partial charge in [0, 0.05) is 11.7 Å². The Kier molecular flexibility index (Phi) is 4.15. The van der Waals surface area contributed by atoms with Crippen LogP contribution in [-0.4, -0.2) is 37.1 Å². The molecule has 0 spiro atoms. The molecule has 0 aliphatic carbocycles. The predicted octanol–water partition coefficient (Wildman–Crippen LogP) is 2.04. The third-order valence-electron chi connectivity index (χ3n) is 3.14. The number of benzene rings is 1. The molecule has 0 atom stereocenters. The fraction of sp³-hybridized carbons (Fsp3) is 0.462. The third-order valence-corrected chi connectivity index (χ3v) is 3.14. The minimum Gasteiger partial charge on any atom is -0.335 e. The number of anilines is 1. The van der Waals surface area contributed by atoms with Crippen molar-refractivity contribution in [2.45, 2.75) is 18.9 Å². The van der Waals surface area contributed by atoms with Gasteiger partial charge in [0.1, 0.15) is 5.82 Å². The van der Waals surface area contributed by atoms with Gasteiger partial charge in [0.15, 0.2) is 0 Å². The Balaban J connectivity index is 1.82. The number of nitrogens with zero attached hydrogens (tertiary/aromatic N) is 1. The van der Waals surface area contributed by atoms with Gasteiger partial charge in [-0.05, 0) is 51.2 Å². The van der Waals surface area contributed by atoms with Crippen molar-refractivity contribution in [1.82, 2.24) is 10.2 Å². The van der Waals surface area contributed by atoms with Gasteiger partial charge in [0.05, 0.1) is 0 Å². The summed E-state index contributed by atoms with van der Waals surface area (Å²) in [7, 11) is 2.07. The van der Waals surface area contributed by atoms with Crippen molar-refractivity contribution < 1.29 is 9.18 Å². The standard InChI is InChI=1S/C13H18FN3O/c1-17-7-5-11(6-8-17)15-13(18)16-12-4-2-3-10(14)9-12/h2-4,9,11H,5-8H2,1H3,(H2,15,16,18). The van der Waals surface area contributed by atoms with E-state index in [0.717, 1.165) is 25.9 Å². The Morgan fingerprint density at radius 2 is 2.11 bits per heavy atom. The summed E-state index contributed by atoms with van der Waals surface area (Å²) in [5.41, 5.74) is 0.473. The van der Waals surface area contributed by atoms with Crippen molar-refractivity contribution in [1.29, 1.82) is 0 Å². The lowest BCUT2D eigenvalue weighted by atomic mass is 10.1. The second-order valence-corrected chi connectivity index (χ2v) is 4.69. The van der Waals surface area contributed by atoms with Crippen molar-refractivity contribution in [2.75, 3.05) is 25.5 Å². The number of nitrogens with one attached hydrogen (secondary N) is 2. The van der Waals surface area contributed by atoms with Gasteiger partial charge < -0.3 is 15.5 Å². The number of hydrogen-bond acceptors (Lipinski definition) is 2. The van der Waals surface area contributed by atoms with E-state index >= 15 is 0 Å². The summed E-state index contributed by atoms with van der Waals surface area (Å²) in [5, 5.41) is 5.55. The van der Waals surface area contributed by atoms with Gasteiger partial charge in [-0.1, -0.05) is 6.07 Å². The third kappa shape index (κ3) is 3.70. The fourth-order valence-electron chi connectivity index (χ4n) is 2.07. The highest BCUT2D eigenvalue weighted by Gasteiger charge is 2.18. The minimum atomic E-state index is -0.355. The molecule has 18 heavy (non-hydrogen) atoms. The van der Waals surface area contributed by atoms with E-state index < -0.39 is 0 Å². The average molecular weight is 251 g/mol. The second-order valence-electron chi connectivity index (χ2n) is 4.69. The summed E-state index contributed by atoms with van der Waals surface area (Å²) in [5.74, 6) is -0.355. The molecule has 1 aliphatic rings. The van der Waals surface area contributed by atoms with Crippen molar-refractivity contribution in [2.24, 2.45) is 0 Å². The molecule has 0 unspecified atom stereocenters. The topological polar surface area (TPSA) is 44.4 Å². The first-order valence-corrected chi connectivity index (χ1v) is 6.15. The number of halogens is 1. The SMILES string of the molecule is CN1CCC(NC(=O)Nc2cccc(F)c2)CC1. The van der Waals surface area contributed by atoms with Crippen LogP contribution in [0.15, 0.2) is 24.3 Å². The lowest BCUT2D eigenvalue weighted by Crippen LogP contribution is -2.44. The molecule has 0 saturated carbocycles. The van der Waals surface area contributed by atoms with Gasteiger partial charge in [-0.2, -0.15) is 0 Å². The van der Waals surface area contributed by atoms with E-state index in [9.17, 15) is 9.18 Å². The van der Waals surface area contributed by atoms with E-state index in [4.69, 9.17) is 0 Å². The molecule has 2 rings (SSSR count). The quantitative estimate of drug-likeness (QED) is 0.845. The Morgan fingerprint density at radius 3 is 2.78 bits per heavy atom. The lowest BCUT2D eigenvalue weighted by molar-refractivity contribution is 0.221. The van der Waals surface area contributed by atoms with Crippen LogP contribution in [0, 0.1) is 5.82 Å². The van der Waals surface area contributed by atoms with Gasteiger partial charge in [-0.25, -0.2) is 9.18 Å². The van der Waals surface area contributed by atoms with E-state index in [1.54, 1.807) is 12.1 Å². The summed E-state index contributed by atoms with van der Waals surface area (Å²) in [6, 6.07) is 5.82. The molecule has 98 valence electrons. The lowest BCUT2D eigenvalue weighted by Gasteiger charge is -2.29. The molecule has 1 aromatic carbocycles. The van der Waals surface area contributed by atoms with Crippen LogP contribution in [0.25, 0.3) is 0 Å². The highest BCUT2D eigenvalue weighted by atomic mass is 19.1. The molecule has 0 bridgehead atoms. The molecular weight excluding hydrogens is 233 g/mol. The molecule has 1 aliphatic heterocycles. The number of likely N-dealkylation sites (tertiary alicyclic amines) is 1. The van der Waals surface area contributed by atoms with Crippen molar-refractivity contribution >= 4 is 11.7 Å². The van der Waals surface area contributed by atoms with Crippen LogP contribution in [0.2, 0.25) is 0 Å². The number of piperidine rings is 1. The van der Waals surface area contributed by atoms with Gasteiger partial charge in [0.2, 0.25) is 0 Å². The van der Waals surface area contributed by atoms with Crippen LogP contribution in [0.4, 0.5) is 14.9 Å². The summed E-state index contributed by atoms with van der Waals surface area (Å²) in [4.78, 5) is 14.0. The Hall–Kier alpha value is -1.62. The maximum atomic E-state index is 12.9. The van der Waals surface area contributed by atoms with E-state index in [2.05, 4.69) is 22.6 Å². The van der Waals surface area contributed by atoms with E-state index in [1.165, 1.54) is 12.1 Å². The monoisotopic (exact) mass is 251 g/mol. The number of carbonyl (C=O) groups excluding carboxylic acids is 1. The smallest absolute Gasteiger partial charge is 0.319 e. The molecule has 1 heterocycles. The average Bonchev–Trinajstić information content (AvgIpc) is 2.32. The van der Waals surface area contributed by atoms with Gasteiger partial charge >= 0.3 is 6.03 Å². The van der Waals surface area contributed by atoms with Crippen molar-refractivity contribution in [3.63, 3.8) is 0 Å². The van der Waals surface area contributed by atoms with Gasteiger partial charge in [-0.3, -0.25) is 0 Å². The zero-order valence-electron chi connectivity index (χ0n) is 10.4. The Bertz CT molecular complexity index is 416. The maximum absolute atomic E-state index is 12.9. The van der Waals surface area contributed by atoms with Crippen LogP contribution in [-0.2, 0) is 0 Å². The number of amides is 2. The normalized spacial score (nSPS) is 17.4. The Labute approximate surface area is 106 Å². The van der Waals surface area contributed by atoms with Crippen molar-refractivity contribution in [3.05, 3.63) is 30.1 Å². The molecule has 1 fully saturated rings. The summed E-state index contributed by atoms with van der Waals surface area (Å²) in [6.07, 6.45) is 1.90. The van der Waals surface area contributed by atoms with Crippen LogP contribution >= 0.6 is 0 Å². The number of rotatable bonds is 2. The zero-order valence-corrected chi connectivity index (χ0v) is 10.4. The van der Waals surface area contributed by atoms with Crippen LogP contribution < -0.4 is 10.6 Å². The highest BCUT2D eigenvalue weighted by molar-refractivity contribution is 5.89. The van der Waals surface area contributed by atoms with Gasteiger partial charge in [-0.15, -0.1) is 0 Å². The molecule has 2 amide bonds. The first-order chi connectivity index (χ1) is 8.63. The highest BCUT2D eigenvalue weighted by Crippen LogP contribution is 2.11. The van der Waals surface area contributed by atoms with E-state index in [-0.39, 0.29) is 17.9 Å². The molecule has 5 heteroatoms. The molecule has 0 radical (unpaired) electrons. The van der Waals surface area contributed by atoms with E-state index in [1.807, 2.05) is 0 Å². The van der Waals surface area contributed by atoms with Crippen LogP contribution in [0.1, 0.15) is 12.8 Å². The molecule has 4 nitrogen and oxygen atoms in total. The summed E-state index contributed by atoms with van der Waals surface area (Å²) < 4.78 is 12.9. The largest absolute Gasteiger partial charge is 0.335 e. The molecule has 0 aromatic heterocycles. The number of carbonyl (C=O) groups is 1. The molecule has 1 saturated heterocycles. The summed E-state index contributed by atoms with van der Waals surface area (Å²) in [6.45, 7) is 1.98. The Morgan fingerprint density at radius 1 is 1.39 bits per heavy atom. The minimum absolute atomic E-state index is 0.203. The number of urea groups is 1. The van der Waals surface area contributed by atoms with Crippen LogP contribution in [0.5, 0.6) is 0 Å². The van der Waals surface area contributed by atoms with Gasteiger partial charge in [0.25, 0.3) is 0 Å². The van der Waals surface area contributed by atoms with E-state index in [0.29, 0.717) is 5.69 Å². The van der Waals surface area contributed by atoms with Crippen LogP contribution in [0.3, 0.4) is 0 Å². The maximum Gasteiger partial charge on any atom is 0.319 e.